The van der Waals surface area contributed by atoms with Crippen LogP contribution in [0.4, 0.5) is 8.78 Å². The molecule has 1 heterocycles. The Morgan fingerprint density at radius 2 is 1.82 bits per heavy atom. The fourth-order valence-electron chi connectivity index (χ4n) is 1.94. The van der Waals surface area contributed by atoms with Crippen molar-refractivity contribution in [1.82, 2.24) is 9.13 Å². The van der Waals surface area contributed by atoms with Gasteiger partial charge in [0.2, 0.25) is 0 Å². The average Bonchev–Trinajstić information content (AvgIpc) is 2.42. The van der Waals surface area contributed by atoms with Gasteiger partial charge in [-0.25, -0.2) is 22.9 Å². The van der Waals surface area contributed by atoms with Crippen molar-refractivity contribution in [2.24, 2.45) is 0 Å². The largest absolute Gasteiger partial charge is 0.477 e. The molecule has 0 aliphatic carbocycles. The summed E-state index contributed by atoms with van der Waals surface area (Å²) in [6, 6.07) is 2.01. The summed E-state index contributed by atoms with van der Waals surface area (Å²) in [7, 11) is 0. The van der Waals surface area contributed by atoms with Gasteiger partial charge in [0.05, 0.1) is 5.69 Å². The minimum Gasteiger partial charge on any atom is -0.477 e. The van der Waals surface area contributed by atoms with Crippen molar-refractivity contribution in [3.63, 3.8) is 0 Å². The lowest BCUT2D eigenvalue weighted by Crippen LogP contribution is -2.42. The van der Waals surface area contributed by atoms with Gasteiger partial charge in [-0.3, -0.25) is 9.36 Å². The summed E-state index contributed by atoms with van der Waals surface area (Å²) < 4.78 is 27.9. The van der Waals surface area contributed by atoms with E-state index in [0.29, 0.717) is 10.6 Å². The first-order chi connectivity index (χ1) is 10.2. The molecular formula is C14H12F2N2O4. The molecule has 0 unspecified atom stereocenters. The number of hydrogen-bond acceptors (Lipinski definition) is 3. The summed E-state index contributed by atoms with van der Waals surface area (Å²) in [5.74, 6) is -3.91. The Kier molecular flexibility index (Phi) is 3.94. The summed E-state index contributed by atoms with van der Waals surface area (Å²) in [6.07, 6.45) is 0.939. The second-order valence-corrected chi connectivity index (χ2v) is 4.87. The zero-order chi connectivity index (χ0) is 16.6. The number of nitrogens with zero attached hydrogens (tertiary/aromatic N) is 2. The first-order valence-corrected chi connectivity index (χ1v) is 6.31. The van der Waals surface area contributed by atoms with Crippen LogP contribution in [0.2, 0.25) is 0 Å². The highest BCUT2D eigenvalue weighted by Crippen LogP contribution is 2.11. The molecule has 0 amide bonds. The molecule has 1 N–H and O–H groups in total. The standard InChI is InChI=1S/C14H12F2N2O4/c1-7(2)17-6-9(13(20)21)12(19)18(14(17)22)8-3-4-10(15)11(16)5-8/h3-7H,1-2H3,(H,20,21). The molecule has 0 atom stereocenters. The molecule has 0 aliphatic rings. The van der Waals surface area contributed by atoms with Crippen LogP contribution in [0.5, 0.6) is 0 Å². The molecule has 0 spiro atoms. The van der Waals surface area contributed by atoms with Gasteiger partial charge in [0.15, 0.2) is 11.6 Å². The molecule has 1 aromatic carbocycles. The smallest absolute Gasteiger partial charge is 0.342 e. The van der Waals surface area contributed by atoms with E-state index in [1.165, 1.54) is 0 Å². The molecule has 6 nitrogen and oxygen atoms in total. The minimum atomic E-state index is -1.52. The second kappa shape index (κ2) is 5.55. The second-order valence-electron chi connectivity index (χ2n) is 4.87. The first-order valence-electron chi connectivity index (χ1n) is 6.31. The predicted octanol–water partition coefficient (Wildman–Crippen LogP) is 1.56. The van der Waals surface area contributed by atoms with Crippen LogP contribution < -0.4 is 11.2 Å². The maximum Gasteiger partial charge on any atom is 0.342 e. The Morgan fingerprint density at radius 3 is 2.32 bits per heavy atom. The van der Waals surface area contributed by atoms with E-state index in [1.807, 2.05) is 0 Å². The summed E-state index contributed by atoms with van der Waals surface area (Å²) >= 11 is 0. The number of hydrogen-bond donors (Lipinski definition) is 1. The van der Waals surface area contributed by atoms with Crippen molar-refractivity contribution in [3.05, 3.63) is 62.4 Å². The van der Waals surface area contributed by atoms with Crippen LogP contribution in [0.25, 0.3) is 5.69 Å². The van der Waals surface area contributed by atoms with Crippen LogP contribution in [0.1, 0.15) is 30.2 Å². The van der Waals surface area contributed by atoms with Crippen molar-refractivity contribution in [2.45, 2.75) is 19.9 Å². The van der Waals surface area contributed by atoms with Gasteiger partial charge in [-0.05, 0) is 26.0 Å². The molecule has 0 bridgehead atoms. The van der Waals surface area contributed by atoms with Gasteiger partial charge in [0.1, 0.15) is 5.56 Å². The number of carbonyl (C=O) groups is 1. The zero-order valence-corrected chi connectivity index (χ0v) is 11.7. The van der Waals surface area contributed by atoms with Gasteiger partial charge in [0, 0.05) is 18.3 Å². The van der Waals surface area contributed by atoms with Crippen LogP contribution in [0, 0.1) is 11.6 Å². The molecule has 0 fully saturated rings. The van der Waals surface area contributed by atoms with Gasteiger partial charge in [-0.15, -0.1) is 0 Å². The van der Waals surface area contributed by atoms with E-state index in [2.05, 4.69) is 0 Å². The number of carboxylic acid groups (broad SMARTS) is 1. The number of aromatic carboxylic acids is 1. The SMILES string of the molecule is CC(C)n1cc(C(=O)O)c(=O)n(-c2ccc(F)c(F)c2)c1=O. The van der Waals surface area contributed by atoms with Gasteiger partial charge >= 0.3 is 11.7 Å². The zero-order valence-electron chi connectivity index (χ0n) is 11.7. The molecule has 0 radical (unpaired) electrons. The van der Waals surface area contributed by atoms with Crippen LogP contribution in [-0.2, 0) is 0 Å². The van der Waals surface area contributed by atoms with E-state index >= 15 is 0 Å². The quantitative estimate of drug-likeness (QED) is 0.932. The van der Waals surface area contributed by atoms with Crippen LogP contribution in [0.15, 0.2) is 34.0 Å². The van der Waals surface area contributed by atoms with E-state index in [1.54, 1.807) is 13.8 Å². The molecular weight excluding hydrogens is 298 g/mol. The van der Waals surface area contributed by atoms with Crippen molar-refractivity contribution >= 4 is 5.97 Å². The minimum absolute atomic E-state index is 0.244. The highest BCUT2D eigenvalue weighted by molar-refractivity contribution is 5.86. The molecule has 0 saturated heterocycles. The molecule has 22 heavy (non-hydrogen) atoms. The summed E-state index contributed by atoms with van der Waals surface area (Å²) in [6.45, 7) is 3.24. The van der Waals surface area contributed by atoms with Crippen molar-refractivity contribution in [2.75, 3.05) is 0 Å². The number of rotatable bonds is 3. The fourth-order valence-corrected chi connectivity index (χ4v) is 1.94. The van der Waals surface area contributed by atoms with Crippen molar-refractivity contribution in [3.8, 4) is 5.69 Å². The van der Waals surface area contributed by atoms with Crippen LogP contribution in [-0.4, -0.2) is 20.2 Å². The fraction of sp³-hybridized carbons (Fsp3) is 0.214. The Bertz CT molecular complexity index is 868. The Balaban J connectivity index is 2.90. The Morgan fingerprint density at radius 1 is 1.18 bits per heavy atom. The number of halogens is 2. The lowest BCUT2D eigenvalue weighted by Gasteiger charge is -2.14. The van der Waals surface area contributed by atoms with E-state index in [0.717, 1.165) is 22.9 Å². The number of aromatic nitrogens is 2. The molecule has 0 saturated carbocycles. The maximum atomic E-state index is 13.3. The van der Waals surface area contributed by atoms with E-state index < -0.39 is 40.5 Å². The Labute approximate surface area is 122 Å². The summed E-state index contributed by atoms with van der Waals surface area (Å²) in [4.78, 5) is 35.6. The number of benzene rings is 1. The molecule has 2 rings (SSSR count). The van der Waals surface area contributed by atoms with Crippen LogP contribution in [0.3, 0.4) is 0 Å². The highest BCUT2D eigenvalue weighted by Gasteiger charge is 2.19. The first kappa shape index (κ1) is 15.6. The van der Waals surface area contributed by atoms with Gasteiger partial charge in [-0.2, -0.15) is 0 Å². The number of carboxylic acids is 1. The van der Waals surface area contributed by atoms with Gasteiger partial charge in [0.25, 0.3) is 5.56 Å². The van der Waals surface area contributed by atoms with E-state index in [4.69, 9.17) is 5.11 Å². The third-order valence-electron chi connectivity index (χ3n) is 3.06. The van der Waals surface area contributed by atoms with Crippen molar-refractivity contribution < 1.29 is 18.7 Å². The highest BCUT2D eigenvalue weighted by atomic mass is 19.2. The summed E-state index contributed by atoms with van der Waals surface area (Å²) in [5, 5.41) is 9.07. The lowest BCUT2D eigenvalue weighted by atomic mass is 10.2. The normalized spacial score (nSPS) is 11.0. The van der Waals surface area contributed by atoms with E-state index in [9.17, 15) is 23.2 Å². The average molecular weight is 310 g/mol. The Hall–Kier alpha value is -2.77. The van der Waals surface area contributed by atoms with E-state index in [-0.39, 0.29) is 5.69 Å². The lowest BCUT2D eigenvalue weighted by molar-refractivity contribution is 0.0693. The van der Waals surface area contributed by atoms with Crippen LogP contribution >= 0.6 is 0 Å². The maximum absolute atomic E-state index is 13.3. The molecule has 0 aliphatic heterocycles. The third-order valence-corrected chi connectivity index (χ3v) is 3.06. The van der Waals surface area contributed by atoms with Gasteiger partial charge in [-0.1, -0.05) is 0 Å². The molecule has 1 aromatic heterocycles. The van der Waals surface area contributed by atoms with Gasteiger partial charge < -0.3 is 5.11 Å². The molecule has 2 aromatic rings. The van der Waals surface area contributed by atoms with Crippen molar-refractivity contribution in [1.29, 1.82) is 0 Å². The molecule has 8 heteroatoms. The molecule has 116 valence electrons. The monoisotopic (exact) mass is 310 g/mol. The third kappa shape index (κ3) is 2.54. The topological polar surface area (TPSA) is 81.3 Å². The summed E-state index contributed by atoms with van der Waals surface area (Å²) in [5.41, 5.74) is -2.83. The predicted molar refractivity (Wildman–Crippen MR) is 73.6 cm³/mol.